The summed E-state index contributed by atoms with van der Waals surface area (Å²) >= 11 is 7.54. The Balaban J connectivity index is 0.000000370. The Morgan fingerprint density at radius 3 is 2.59 bits per heavy atom. The molecule has 0 bridgehead atoms. The monoisotopic (exact) mass is 472 g/mol. The van der Waals surface area contributed by atoms with Gasteiger partial charge < -0.3 is 15.7 Å². The van der Waals surface area contributed by atoms with Crippen molar-refractivity contribution in [2.45, 2.75) is 29.3 Å². The van der Waals surface area contributed by atoms with Crippen LogP contribution in [-0.4, -0.2) is 54.8 Å². The van der Waals surface area contributed by atoms with Crippen LogP contribution in [0, 0.1) is 0 Å². The third-order valence-corrected chi connectivity index (χ3v) is 6.18. The van der Waals surface area contributed by atoms with E-state index in [-0.39, 0.29) is 16.7 Å². The standard InChI is InChI=1S/C13H15ClN4O2S2.C2HF3O2/c14-12-3-11(22(19,20)7-10-6-21-8-17-10)5-16-13(12)18-9-1-2-15-4-9;3-2(4,5)1(6)7/h3,5-6,8-9,15H,1-2,4,7H2,(H,16,18);(H,6,7)/t9-;/m1./s1. The first-order valence-corrected chi connectivity index (χ1v) is 11.0. The highest BCUT2D eigenvalue weighted by Crippen LogP contribution is 2.25. The second kappa shape index (κ2) is 9.69. The molecular weight excluding hydrogens is 457 g/mol. The van der Waals surface area contributed by atoms with Crippen molar-refractivity contribution in [3.63, 3.8) is 0 Å². The highest BCUT2D eigenvalue weighted by molar-refractivity contribution is 7.90. The molecule has 3 N–H and O–H groups in total. The van der Waals surface area contributed by atoms with Crippen molar-refractivity contribution in [2.24, 2.45) is 0 Å². The van der Waals surface area contributed by atoms with E-state index < -0.39 is 22.0 Å². The lowest BCUT2D eigenvalue weighted by molar-refractivity contribution is -0.192. The van der Waals surface area contributed by atoms with Crippen LogP contribution in [0.2, 0.25) is 5.02 Å². The molecule has 1 saturated heterocycles. The Hall–Kier alpha value is -1.96. The zero-order chi connectivity index (χ0) is 21.7. The van der Waals surface area contributed by atoms with Gasteiger partial charge in [0.2, 0.25) is 0 Å². The largest absolute Gasteiger partial charge is 0.490 e. The number of carboxylic acid groups (broad SMARTS) is 1. The van der Waals surface area contributed by atoms with Gasteiger partial charge in [-0.1, -0.05) is 11.6 Å². The molecule has 160 valence electrons. The van der Waals surface area contributed by atoms with E-state index in [1.165, 1.54) is 23.6 Å². The second-order valence-corrected chi connectivity index (χ2v) is 8.99. The van der Waals surface area contributed by atoms with Gasteiger partial charge in [0, 0.05) is 24.2 Å². The third kappa shape index (κ3) is 7.10. The van der Waals surface area contributed by atoms with Crippen LogP contribution in [0.3, 0.4) is 0 Å². The smallest absolute Gasteiger partial charge is 0.475 e. The lowest BCUT2D eigenvalue weighted by Gasteiger charge is -2.13. The zero-order valence-electron chi connectivity index (χ0n) is 14.6. The Labute approximate surface area is 173 Å². The second-order valence-electron chi connectivity index (χ2n) is 5.88. The average molecular weight is 473 g/mol. The molecule has 2 aromatic heterocycles. The fraction of sp³-hybridized carbons (Fsp3) is 0.400. The number of hydrogen-bond donors (Lipinski definition) is 3. The van der Waals surface area contributed by atoms with E-state index in [1.807, 2.05) is 0 Å². The molecule has 1 atom stereocenters. The number of halogens is 4. The summed E-state index contributed by atoms with van der Waals surface area (Å²) in [4.78, 5) is 17.2. The number of thiazole rings is 1. The SMILES string of the molecule is O=C(O)C(F)(F)F.O=S(=O)(Cc1cscn1)c1cnc(N[C@@H]2CCNC2)c(Cl)c1. The summed E-state index contributed by atoms with van der Waals surface area (Å²) in [5, 5.41) is 15.6. The molecule has 1 aliphatic rings. The van der Waals surface area contributed by atoms with Crippen molar-refractivity contribution < 1.29 is 31.5 Å². The van der Waals surface area contributed by atoms with Crippen molar-refractivity contribution in [1.82, 2.24) is 15.3 Å². The molecular formula is C15H16ClF3N4O4S2. The van der Waals surface area contributed by atoms with E-state index in [9.17, 15) is 21.6 Å². The van der Waals surface area contributed by atoms with Crippen LogP contribution in [0.15, 0.2) is 28.0 Å². The van der Waals surface area contributed by atoms with Crippen molar-refractivity contribution in [2.75, 3.05) is 18.4 Å². The summed E-state index contributed by atoms with van der Waals surface area (Å²) in [5.74, 6) is -2.39. The van der Waals surface area contributed by atoms with Crippen molar-refractivity contribution in [3.05, 3.63) is 33.9 Å². The molecule has 1 aliphatic heterocycles. The summed E-state index contributed by atoms with van der Waals surface area (Å²) in [5.41, 5.74) is 2.14. The van der Waals surface area contributed by atoms with E-state index in [4.69, 9.17) is 21.5 Å². The molecule has 29 heavy (non-hydrogen) atoms. The number of anilines is 1. The van der Waals surface area contributed by atoms with Crippen LogP contribution in [0.5, 0.6) is 0 Å². The topological polar surface area (TPSA) is 121 Å². The van der Waals surface area contributed by atoms with Gasteiger partial charge in [-0.25, -0.2) is 23.2 Å². The summed E-state index contributed by atoms with van der Waals surface area (Å²) < 4.78 is 56.4. The molecule has 2 aromatic rings. The lowest BCUT2D eigenvalue weighted by atomic mass is 10.2. The minimum Gasteiger partial charge on any atom is -0.475 e. The Kier molecular flexibility index (Phi) is 7.80. The van der Waals surface area contributed by atoms with Crippen LogP contribution in [0.1, 0.15) is 12.1 Å². The minimum absolute atomic E-state index is 0.112. The summed E-state index contributed by atoms with van der Waals surface area (Å²) in [7, 11) is -3.49. The number of sulfone groups is 1. The summed E-state index contributed by atoms with van der Waals surface area (Å²) in [6, 6.07) is 1.71. The highest BCUT2D eigenvalue weighted by Gasteiger charge is 2.38. The molecule has 0 unspecified atom stereocenters. The van der Waals surface area contributed by atoms with E-state index >= 15 is 0 Å². The normalized spacial score (nSPS) is 16.8. The van der Waals surface area contributed by atoms with Gasteiger partial charge in [-0.2, -0.15) is 13.2 Å². The molecule has 3 heterocycles. The first-order chi connectivity index (χ1) is 13.5. The molecule has 1 fully saturated rings. The van der Waals surface area contributed by atoms with Crippen LogP contribution in [-0.2, 0) is 20.4 Å². The number of nitrogens with one attached hydrogen (secondary N) is 2. The molecule has 0 aromatic carbocycles. The van der Waals surface area contributed by atoms with E-state index in [2.05, 4.69) is 20.6 Å². The molecule has 3 rings (SSSR count). The minimum atomic E-state index is -5.08. The molecule has 0 radical (unpaired) electrons. The van der Waals surface area contributed by atoms with Gasteiger partial charge in [-0.3, -0.25) is 0 Å². The van der Waals surface area contributed by atoms with Gasteiger partial charge in [0.25, 0.3) is 0 Å². The Morgan fingerprint density at radius 1 is 1.41 bits per heavy atom. The number of aliphatic carboxylic acids is 1. The van der Waals surface area contributed by atoms with Crippen LogP contribution in [0.25, 0.3) is 0 Å². The quantitative estimate of drug-likeness (QED) is 0.607. The van der Waals surface area contributed by atoms with E-state index in [0.29, 0.717) is 16.5 Å². The van der Waals surface area contributed by atoms with Gasteiger partial charge in [0.15, 0.2) is 9.84 Å². The average Bonchev–Trinajstić information content (AvgIpc) is 3.30. The predicted octanol–water partition coefficient (Wildman–Crippen LogP) is 2.57. The van der Waals surface area contributed by atoms with Crippen LogP contribution in [0.4, 0.5) is 19.0 Å². The van der Waals surface area contributed by atoms with E-state index in [1.54, 1.807) is 10.9 Å². The van der Waals surface area contributed by atoms with Crippen molar-refractivity contribution in [1.29, 1.82) is 0 Å². The van der Waals surface area contributed by atoms with Gasteiger partial charge in [-0.05, 0) is 19.0 Å². The Bertz CT molecular complexity index is 934. The number of pyridine rings is 1. The molecule has 0 saturated carbocycles. The van der Waals surface area contributed by atoms with Crippen molar-refractivity contribution >= 4 is 44.6 Å². The fourth-order valence-electron chi connectivity index (χ4n) is 2.25. The zero-order valence-corrected chi connectivity index (χ0v) is 17.0. The lowest BCUT2D eigenvalue weighted by Crippen LogP contribution is -2.23. The molecule has 8 nitrogen and oxygen atoms in total. The number of hydrogen-bond acceptors (Lipinski definition) is 8. The first kappa shape index (κ1) is 23.3. The number of rotatable bonds is 5. The number of nitrogens with zero attached hydrogens (tertiary/aromatic N) is 2. The predicted molar refractivity (Wildman–Crippen MR) is 101 cm³/mol. The third-order valence-electron chi connectivity index (χ3n) is 3.64. The van der Waals surface area contributed by atoms with Gasteiger partial charge >= 0.3 is 12.1 Å². The van der Waals surface area contributed by atoms with Crippen LogP contribution < -0.4 is 10.6 Å². The van der Waals surface area contributed by atoms with Gasteiger partial charge in [0.05, 0.1) is 26.9 Å². The summed E-state index contributed by atoms with van der Waals surface area (Å²) in [6.07, 6.45) is -2.75. The molecule has 0 amide bonds. The maximum Gasteiger partial charge on any atom is 0.490 e. The maximum absolute atomic E-state index is 12.3. The molecule has 0 spiro atoms. The first-order valence-electron chi connectivity index (χ1n) is 8.02. The fourth-order valence-corrected chi connectivity index (χ4v) is 4.43. The number of carboxylic acids is 1. The maximum atomic E-state index is 12.3. The Morgan fingerprint density at radius 2 is 2.10 bits per heavy atom. The molecule has 14 heteroatoms. The van der Waals surface area contributed by atoms with Crippen molar-refractivity contribution in [3.8, 4) is 0 Å². The van der Waals surface area contributed by atoms with Gasteiger partial charge in [-0.15, -0.1) is 11.3 Å². The highest BCUT2D eigenvalue weighted by atomic mass is 35.5. The van der Waals surface area contributed by atoms with Crippen LogP contribution >= 0.6 is 22.9 Å². The molecule has 0 aliphatic carbocycles. The summed E-state index contributed by atoms with van der Waals surface area (Å²) in [6.45, 7) is 1.80. The van der Waals surface area contributed by atoms with E-state index in [0.717, 1.165) is 19.5 Å². The number of carbonyl (C=O) groups is 1. The number of aromatic nitrogens is 2. The number of alkyl halides is 3. The van der Waals surface area contributed by atoms with Gasteiger partial charge in [0.1, 0.15) is 5.82 Å².